The first-order valence-corrected chi connectivity index (χ1v) is 7.47. The molecule has 0 N–H and O–H groups in total. The summed E-state index contributed by atoms with van der Waals surface area (Å²) < 4.78 is 0. The van der Waals surface area contributed by atoms with Gasteiger partial charge >= 0.3 is 0 Å². The second kappa shape index (κ2) is 6.11. The molecule has 0 aliphatic carbocycles. The maximum absolute atomic E-state index is 6.33. The van der Waals surface area contributed by atoms with Crippen LogP contribution in [0, 0.1) is 0 Å². The molecule has 0 amide bonds. The average molecular weight is 354 g/mol. The van der Waals surface area contributed by atoms with Gasteiger partial charge in [-0.15, -0.1) is 0 Å². The molecule has 100 valence electrons. The molecule has 5 heteroatoms. The molecule has 0 unspecified atom stereocenters. The van der Waals surface area contributed by atoms with Crippen LogP contribution in [-0.4, -0.2) is 0 Å². The van der Waals surface area contributed by atoms with Gasteiger partial charge in [-0.3, -0.25) is 0 Å². The second-order valence-corrected chi connectivity index (χ2v) is 5.86. The van der Waals surface area contributed by atoms with Gasteiger partial charge in [0.25, 0.3) is 0 Å². The fourth-order valence-corrected chi connectivity index (χ4v) is 3.31. The highest BCUT2D eigenvalue weighted by Gasteiger charge is 2.21. The first-order valence-electron chi connectivity index (χ1n) is 5.58. The third-order valence-electron chi connectivity index (χ3n) is 2.86. The smallest absolute Gasteiger partial charge is 0.0800 e. The molecule has 0 fully saturated rings. The number of hydrogen-bond donors (Lipinski definition) is 0. The van der Waals surface area contributed by atoms with Gasteiger partial charge in [0.1, 0.15) is 0 Å². The summed E-state index contributed by atoms with van der Waals surface area (Å²) in [4.78, 5) is 0. The molecule has 0 saturated carbocycles. The molecule has 0 bridgehead atoms. The molecule has 19 heavy (non-hydrogen) atoms. The molecule has 0 atom stereocenters. The number of hydrogen-bond acceptors (Lipinski definition) is 0. The van der Waals surface area contributed by atoms with Gasteiger partial charge < -0.3 is 0 Å². The van der Waals surface area contributed by atoms with Crippen molar-refractivity contribution in [3.05, 3.63) is 54.9 Å². The predicted octanol–water partition coefficient (Wildman–Crippen LogP) is 7.18. The van der Waals surface area contributed by atoms with Crippen LogP contribution in [0.5, 0.6) is 0 Å². The Bertz CT molecular complexity index is 634. The molecule has 0 saturated heterocycles. The molecule has 2 aromatic carbocycles. The molecular formula is C14H9Cl5. The van der Waals surface area contributed by atoms with E-state index in [4.69, 9.17) is 58.0 Å². The molecule has 0 radical (unpaired) electrons. The van der Waals surface area contributed by atoms with Crippen LogP contribution in [-0.2, 0) is 6.42 Å². The van der Waals surface area contributed by atoms with Crippen molar-refractivity contribution in [2.45, 2.75) is 13.3 Å². The summed E-state index contributed by atoms with van der Waals surface area (Å²) in [5.41, 5.74) is 2.38. The van der Waals surface area contributed by atoms with Crippen molar-refractivity contribution in [1.82, 2.24) is 0 Å². The van der Waals surface area contributed by atoms with Crippen LogP contribution in [0.25, 0.3) is 11.1 Å². The SMILES string of the molecule is CCc1c(Cl)c(Cl)c(Cl)c(Cl)c1-c1ccccc1Cl. The summed E-state index contributed by atoms with van der Waals surface area (Å²) in [7, 11) is 0. The van der Waals surface area contributed by atoms with Crippen LogP contribution >= 0.6 is 58.0 Å². The lowest BCUT2D eigenvalue weighted by Gasteiger charge is -2.16. The molecule has 0 nitrogen and oxygen atoms in total. The van der Waals surface area contributed by atoms with E-state index in [1.54, 1.807) is 6.07 Å². The van der Waals surface area contributed by atoms with E-state index in [-0.39, 0.29) is 10.0 Å². The van der Waals surface area contributed by atoms with Crippen LogP contribution < -0.4 is 0 Å². The summed E-state index contributed by atoms with van der Waals surface area (Å²) in [6.45, 7) is 1.97. The molecule has 0 aliphatic heterocycles. The first-order chi connectivity index (χ1) is 8.99. The van der Waals surface area contributed by atoms with E-state index in [0.29, 0.717) is 21.5 Å². The first kappa shape index (κ1) is 15.3. The maximum Gasteiger partial charge on any atom is 0.0800 e. The van der Waals surface area contributed by atoms with Crippen LogP contribution in [0.1, 0.15) is 12.5 Å². The van der Waals surface area contributed by atoms with Gasteiger partial charge in [0.2, 0.25) is 0 Å². The van der Waals surface area contributed by atoms with Crippen LogP contribution in [0.15, 0.2) is 24.3 Å². The predicted molar refractivity (Wildman–Crippen MR) is 86.3 cm³/mol. The van der Waals surface area contributed by atoms with Crippen molar-refractivity contribution in [3.8, 4) is 11.1 Å². The highest BCUT2D eigenvalue weighted by molar-refractivity contribution is 6.53. The summed E-state index contributed by atoms with van der Waals surface area (Å²) >= 11 is 31.0. The van der Waals surface area contributed by atoms with E-state index >= 15 is 0 Å². The van der Waals surface area contributed by atoms with Crippen molar-refractivity contribution in [2.75, 3.05) is 0 Å². The van der Waals surface area contributed by atoms with Gasteiger partial charge in [0.05, 0.1) is 20.1 Å². The molecule has 0 spiro atoms. The normalized spacial score (nSPS) is 10.8. The minimum atomic E-state index is 0.250. The van der Waals surface area contributed by atoms with Crippen molar-refractivity contribution < 1.29 is 0 Å². The minimum absolute atomic E-state index is 0.250. The average Bonchev–Trinajstić information content (AvgIpc) is 2.41. The molecular weight excluding hydrogens is 345 g/mol. The highest BCUT2D eigenvalue weighted by atomic mass is 35.5. The lowest BCUT2D eigenvalue weighted by Crippen LogP contribution is -1.94. The molecule has 0 aliphatic rings. The Morgan fingerprint density at radius 2 is 1.37 bits per heavy atom. The van der Waals surface area contributed by atoms with Gasteiger partial charge in [0, 0.05) is 16.1 Å². The quantitative estimate of drug-likeness (QED) is 0.396. The lowest BCUT2D eigenvalue weighted by molar-refractivity contribution is 1.14. The van der Waals surface area contributed by atoms with Gasteiger partial charge in [-0.25, -0.2) is 0 Å². The van der Waals surface area contributed by atoms with Crippen molar-refractivity contribution in [1.29, 1.82) is 0 Å². The van der Waals surface area contributed by atoms with Gasteiger partial charge in [0.15, 0.2) is 0 Å². The standard InChI is InChI=1S/C14H9Cl5/c1-2-7-10(8-5-3-4-6-9(8)15)12(17)14(19)13(18)11(7)16/h3-6H,2H2,1H3. The summed E-state index contributed by atoms with van der Waals surface area (Å²) in [5.74, 6) is 0. The van der Waals surface area contributed by atoms with Crippen LogP contribution in [0.4, 0.5) is 0 Å². The molecule has 2 rings (SSSR count). The van der Waals surface area contributed by atoms with Crippen LogP contribution in [0.3, 0.4) is 0 Å². The zero-order valence-electron chi connectivity index (χ0n) is 9.91. The van der Waals surface area contributed by atoms with Gasteiger partial charge in [-0.1, -0.05) is 83.1 Å². The van der Waals surface area contributed by atoms with E-state index in [0.717, 1.165) is 16.7 Å². The van der Waals surface area contributed by atoms with Gasteiger partial charge in [-0.2, -0.15) is 0 Å². The molecule has 0 aromatic heterocycles. The Balaban J connectivity index is 2.87. The summed E-state index contributed by atoms with van der Waals surface area (Å²) in [6.07, 6.45) is 0.677. The Labute approximate surface area is 137 Å². The Morgan fingerprint density at radius 1 is 0.789 bits per heavy atom. The van der Waals surface area contributed by atoms with E-state index in [1.165, 1.54) is 0 Å². The van der Waals surface area contributed by atoms with Gasteiger partial charge in [-0.05, 0) is 18.1 Å². The fraction of sp³-hybridized carbons (Fsp3) is 0.143. The molecule has 2 aromatic rings. The third-order valence-corrected chi connectivity index (χ3v) is 5.03. The van der Waals surface area contributed by atoms with E-state index < -0.39 is 0 Å². The van der Waals surface area contributed by atoms with Crippen molar-refractivity contribution in [3.63, 3.8) is 0 Å². The summed E-state index contributed by atoms with van der Waals surface area (Å²) in [6, 6.07) is 7.41. The third kappa shape index (κ3) is 2.70. The minimum Gasteiger partial charge on any atom is -0.0837 e. The Morgan fingerprint density at radius 3 is 1.95 bits per heavy atom. The largest absolute Gasteiger partial charge is 0.0837 e. The zero-order valence-corrected chi connectivity index (χ0v) is 13.7. The fourth-order valence-electron chi connectivity index (χ4n) is 1.95. The highest BCUT2D eigenvalue weighted by Crippen LogP contribution is 2.47. The van der Waals surface area contributed by atoms with Crippen molar-refractivity contribution >= 4 is 58.0 Å². The maximum atomic E-state index is 6.33. The monoisotopic (exact) mass is 352 g/mol. The second-order valence-electron chi connectivity index (χ2n) is 3.94. The van der Waals surface area contributed by atoms with E-state index in [9.17, 15) is 0 Å². The molecule has 0 heterocycles. The Hall–Kier alpha value is -0.110. The zero-order chi connectivity index (χ0) is 14.2. The van der Waals surface area contributed by atoms with Crippen molar-refractivity contribution in [2.24, 2.45) is 0 Å². The van der Waals surface area contributed by atoms with E-state index in [1.807, 2.05) is 25.1 Å². The summed E-state index contributed by atoms with van der Waals surface area (Å²) in [5, 5.41) is 1.92. The Kier molecular flexibility index (Phi) is 4.92. The lowest BCUT2D eigenvalue weighted by atomic mass is 9.97. The number of benzene rings is 2. The topological polar surface area (TPSA) is 0 Å². The number of halogens is 5. The van der Waals surface area contributed by atoms with Crippen LogP contribution in [0.2, 0.25) is 25.1 Å². The number of rotatable bonds is 2. The van der Waals surface area contributed by atoms with E-state index in [2.05, 4.69) is 0 Å².